The van der Waals surface area contributed by atoms with Crippen molar-refractivity contribution in [3.8, 4) is 16.6 Å². The van der Waals surface area contributed by atoms with E-state index in [2.05, 4.69) is 21.4 Å². The lowest BCUT2D eigenvalue weighted by atomic mass is 10.2. The molecule has 0 spiro atoms. The fraction of sp³-hybridized carbons (Fsp3) is 0.250. The number of aromatic nitrogens is 2. The number of aryl methyl sites for hydroxylation is 1. The molecule has 0 radical (unpaired) electrons. The monoisotopic (exact) mass is 244 g/mol. The number of nitrogens with one attached hydrogen (secondary N) is 1. The molecule has 2 rings (SSSR count). The molecule has 2 aromatic rings. The molecule has 0 atom stereocenters. The highest BCUT2D eigenvalue weighted by molar-refractivity contribution is 7.16. The van der Waals surface area contributed by atoms with Gasteiger partial charge >= 0.3 is 0 Å². The number of hydrogen-bond donors (Lipinski definition) is 1. The highest BCUT2D eigenvalue weighted by atomic mass is 32.1. The maximum Gasteiger partial charge on any atom is 0.133 e. The summed E-state index contributed by atoms with van der Waals surface area (Å²) in [5.74, 6) is 1.56. The van der Waals surface area contributed by atoms with E-state index in [4.69, 9.17) is 5.26 Å². The van der Waals surface area contributed by atoms with Crippen molar-refractivity contribution < 1.29 is 0 Å². The molecule has 0 saturated heterocycles. The Labute approximate surface area is 104 Å². The van der Waals surface area contributed by atoms with E-state index in [0.717, 1.165) is 27.8 Å². The molecule has 2 aromatic heterocycles. The van der Waals surface area contributed by atoms with E-state index in [1.165, 1.54) is 11.3 Å². The number of nitrogens with zero attached hydrogens (tertiary/aromatic N) is 3. The smallest absolute Gasteiger partial charge is 0.133 e. The molecule has 0 aliphatic rings. The Balaban J connectivity index is 2.59. The molecule has 5 heteroatoms. The third kappa shape index (κ3) is 2.12. The molecule has 0 unspecified atom stereocenters. The Bertz CT molecular complexity index is 595. The van der Waals surface area contributed by atoms with Gasteiger partial charge in [-0.05, 0) is 26.0 Å². The van der Waals surface area contributed by atoms with Crippen LogP contribution in [0, 0.1) is 25.2 Å². The summed E-state index contributed by atoms with van der Waals surface area (Å²) < 4.78 is 0. The highest BCUT2D eigenvalue weighted by Crippen LogP contribution is 2.31. The standard InChI is InChI=1S/C12H12N4S/c1-7-11(10-5-4-9(6-13)17-10)15-8(2)16-12(7)14-3/h4-5H,1-3H3,(H,14,15,16). The predicted octanol–water partition coefficient (Wildman–Crippen LogP) is 2.74. The minimum absolute atomic E-state index is 0.696. The van der Waals surface area contributed by atoms with Crippen LogP contribution >= 0.6 is 11.3 Å². The maximum absolute atomic E-state index is 8.84. The summed E-state index contributed by atoms with van der Waals surface area (Å²) in [7, 11) is 1.84. The Hall–Kier alpha value is -1.93. The van der Waals surface area contributed by atoms with Gasteiger partial charge in [-0.3, -0.25) is 0 Å². The van der Waals surface area contributed by atoms with Gasteiger partial charge < -0.3 is 5.32 Å². The molecule has 17 heavy (non-hydrogen) atoms. The van der Waals surface area contributed by atoms with Gasteiger partial charge in [0.05, 0.1) is 10.6 Å². The van der Waals surface area contributed by atoms with Crippen LogP contribution in [0.4, 0.5) is 5.82 Å². The van der Waals surface area contributed by atoms with E-state index in [-0.39, 0.29) is 0 Å². The van der Waals surface area contributed by atoms with Gasteiger partial charge in [-0.1, -0.05) is 0 Å². The van der Waals surface area contributed by atoms with E-state index in [1.54, 1.807) is 0 Å². The number of rotatable bonds is 2. The van der Waals surface area contributed by atoms with Crippen LogP contribution in [-0.4, -0.2) is 17.0 Å². The number of hydrogen-bond acceptors (Lipinski definition) is 5. The van der Waals surface area contributed by atoms with E-state index >= 15 is 0 Å². The van der Waals surface area contributed by atoms with Gasteiger partial charge in [0, 0.05) is 12.6 Å². The average molecular weight is 244 g/mol. The summed E-state index contributed by atoms with van der Waals surface area (Å²) in [6.07, 6.45) is 0. The lowest BCUT2D eigenvalue weighted by molar-refractivity contribution is 1.04. The predicted molar refractivity (Wildman–Crippen MR) is 69.1 cm³/mol. The lowest BCUT2D eigenvalue weighted by Crippen LogP contribution is -2.02. The molecule has 4 nitrogen and oxygen atoms in total. The summed E-state index contributed by atoms with van der Waals surface area (Å²) in [4.78, 5) is 10.5. The minimum Gasteiger partial charge on any atom is -0.373 e. The zero-order chi connectivity index (χ0) is 12.4. The average Bonchev–Trinajstić information content (AvgIpc) is 2.80. The normalized spacial score (nSPS) is 10.0. The number of anilines is 1. The fourth-order valence-corrected chi connectivity index (χ4v) is 2.49. The van der Waals surface area contributed by atoms with Crippen molar-refractivity contribution in [2.24, 2.45) is 0 Å². The topological polar surface area (TPSA) is 61.6 Å². The van der Waals surface area contributed by atoms with Crippen LogP contribution in [0.5, 0.6) is 0 Å². The highest BCUT2D eigenvalue weighted by Gasteiger charge is 2.12. The van der Waals surface area contributed by atoms with Gasteiger partial charge in [0.2, 0.25) is 0 Å². The van der Waals surface area contributed by atoms with E-state index in [9.17, 15) is 0 Å². The van der Waals surface area contributed by atoms with Crippen LogP contribution in [0.15, 0.2) is 12.1 Å². The molecule has 86 valence electrons. The largest absolute Gasteiger partial charge is 0.373 e. The van der Waals surface area contributed by atoms with Crippen molar-refractivity contribution in [3.63, 3.8) is 0 Å². The summed E-state index contributed by atoms with van der Waals surface area (Å²) in [6, 6.07) is 5.88. The molecule has 0 fully saturated rings. The summed E-state index contributed by atoms with van der Waals surface area (Å²) in [6.45, 7) is 3.84. The molecular weight excluding hydrogens is 232 g/mol. The van der Waals surface area contributed by atoms with Gasteiger partial charge in [0.15, 0.2) is 0 Å². The minimum atomic E-state index is 0.696. The van der Waals surface area contributed by atoms with Crippen molar-refractivity contribution in [3.05, 3.63) is 28.4 Å². The molecule has 0 aromatic carbocycles. The summed E-state index contributed by atoms with van der Waals surface area (Å²) in [5.41, 5.74) is 1.90. The van der Waals surface area contributed by atoms with Crippen LogP contribution < -0.4 is 5.32 Å². The SMILES string of the molecule is CNc1nc(C)nc(-c2ccc(C#N)s2)c1C. The van der Waals surface area contributed by atoms with Crippen LogP contribution in [0.2, 0.25) is 0 Å². The van der Waals surface area contributed by atoms with E-state index in [0.29, 0.717) is 4.88 Å². The molecule has 1 N–H and O–H groups in total. The molecule has 0 amide bonds. The van der Waals surface area contributed by atoms with Crippen molar-refractivity contribution in [2.45, 2.75) is 13.8 Å². The molecule has 2 heterocycles. The first kappa shape index (κ1) is 11.6. The summed E-state index contributed by atoms with van der Waals surface area (Å²) in [5, 5.41) is 11.9. The lowest BCUT2D eigenvalue weighted by Gasteiger charge is -2.09. The maximum atomic E-state index is 8.84. The Morgan fingerprint density at radius 3 is 2.65 bits per heavy atom. The van der Waals surface area contributed by atoms with Crippen molar-refractivity contribution in [2.75, 3.05) is 12.4 Å². The zero-order valence-corrected chi connectivity index (χ0v) is 10.7. The molecular formula is C12H12N4S. The second kappa shape index (κ2) is 4.52. The van der Waals surface area contributed by atoms with E-state index in [1.807, 2.05) is 33.0 Å². The van der Waals surface area contributed by atoms with Crippen LogP contribution in [0.1, 0.15) is 16.3 Å². The molecule has 0 aliphatic carbocycles. The van der Waals surface area contributed by atoms with Gasteiger partial charge in [0.25, 0.3) is 0 Å². The quantitative estimate of drug-likeness (QED) is 0.882. The second-order valence-corrected chi connectivity index (χ2v) is 4.70. The fourth-order valence-electron chi connectivity index (χ4n) is 1.64. The third-order valence-electron chi connectivity index (χ3n) is 2.44. The first-order valence-corrected chi connectivity index (χ1v) is 6.00. The Morgan fingerprint density at radius 2 is 2.06 bits per heavy atom. The van der Waals surface area contributed by atoms with Crippen LogP contribution in [0.3, 0.4) is 0 Å². The third-order valence-corrected chi connectivity index (χ3v) is 3.44. The zero-order valence-electron chi connectivity index (χ0n) is 9.90. The molecule has 0 bridgehead atoms. The van der Waals surface area contributed by atoms with Crippen molar-refractivity contribution >= 4 is 17.2 Å². The number of thiophene rings is 1. The van der Waals surface area contributed by atoms with Gasteiger partial charge in [0.1, 0.15) is 22.6 Å². The Morgan fingerprint density at radius 1 is 1.29 bits per heavy atom. The first-order chi connectivity index (χ1) is 8.15. The number of nitriles is 1. The van der Waals surface area contributed by atoms with Crippen molar-refractivity contribution in [1.82, 2.24) is 9.97 Å². The van der Waals surface area contributed by atoms with Gasteiger partial charge in [-0.15, -0.1) is 11.3 Å². The first-order valence-electron chi connectivity index (χ1n) is 5.19. The second-order valence-electron chi connectivity index (χ2n) is 3.62. The van der Waals surface area contributed by atoms with Crippen molar-refractivity contribution in [1.29, 1.82) is 5.26 Å². The summed E-state index contributed by atoms with van der Waals surface area (Å²) >= 11 is 1.45. The van der Waals surface area contributed by atoms with Gasteiger partial charge in [-0.2, -0.15) is 5.26 Å². The Kier molecular flexibility index (Phi) is 3.07. The van der Waals surface area contributed by atoms with Crippen LogP contribution in [0.25, 0.3) is 10.6 Å². The van der Waals surface area contributed by atoms with Crippen LogP contribution in [-0.2, 0) is 0 Å². The van der Waals surface area contributed by atoms with Gasteiger partial charge in [-0.25, -0.2) is 9.97 Å². The molecule has 0 aliphatic heterocycles. The van der Waals surface area contributed by atoms with E-state index < -0.39 is 0 Å². The molecule has 0 saturated carbocycles.